The van der Waals surface area contributed by atoms with E-state index in [2.05, 4.69) is 42.6 Å². The van der Waals surface area contributed by atoms with Crippen LogP contribution in [0.4, 0.5) is 5.82 Å². The highest BCUT2D eigenvalue weighted by Crippen LogP contribution is 2.47. The van der Waals surface area contributed by atoms with E-state index in [1.807, 2.05) is 4.57 Å². The van der Waals surface area contributed by atoms with E-state index in [1.165, 1.54) is 30.4 Å². The first kappa shape index (κ1) is 20.7. The van der Waals surface area contributed by atoms with Crippen LogP contribution in [0, 0.1) is 0 Å². The summed E-state index contributed by atoms with van der Waals surface area (Å²) in [5, 5.41) is 0.750. The predicted octanol–water partition coefficient (Wildman–Crippen LogP) is 3.84. The number of rotatable bonds is 11. The van der Waals surface area contributed by atoms with Gasteiger partial charge >= 0.3 is 0 Å². The van der Waals surface area contributed by atoms with Gasteiger partial charge in [0.05, 0.1) is 12.9 Å². The number of nitrogens with zero attached hydrogens (tertiary/aromatic N) is 4. The number of imidazole rings is 1. The second kappa shape index (κ2) is 10.5. The zero-order chi connectivity index (χ0) is 18.2. The van der Waals surface area contributed by atoms with Crippen LogP contribution < -0.4 is 5.73 Å². The van der Waals surface area contributed by atoms with Crippen molar-refractivity contribution in [3.05, 3.63) is 12.7 Å². The lowest BCUT2D eigenvalue weighted by Gasteiger charge is -2.17. The van der Waals surface area contributed by atoms with E-state index in [9.17, 15) is 0 Å². The van der Waals surface area contributed by atoms with Gasteiger partial charge in [-0.05, 0) is 0 Å². The maximum absolute atomic E-state index is 5.79. The van der Waals surface area contributed by atoms with E-state index >= 15 is 0 Å². The summed E-state index contributed by atoms with van der Waals surface area (Å²) in [4.78, 5) is 12.4. The molecule has 2 aromatic heterocycles. The number of fused-ring (bicyclic) bond motifs is 1. The third-order valence-electron chi connectivity index (χ3n) is 2.74. The van der Waals surface area contributed by atoms with Gasteiger partial charge in [-0.1, -0.05) is 27.7 Å². The van der Waals surface area contributed by atoms with Crippen molar-refractivity contribution in [3.8, 4) is 0 Å². The van der Waals surface area contributed by atoms with E-state index in [-0.39, 0.29) is 0 Å². The van der Waals surface area contributed by atoms with Gasteiger partial charge in [-0.15, -0.1) is 0 Å². The SMILES string of the molecule is CC(C)SOP(COCCn1cnc2c(N)ncnc21)OSC(C)C. The van der Waals surface area contributed by atoms with E-state index in [4.69, 9.17) is 18.4 Å². The maximum Gasteiger partial charge on any atom is 0.223 e. The van der Waals surface area contributed by atoms with Gasteiger partial charge in [0.2, 0.25) is 8.38 Å². The van der Waals surface area contributed by atoms with Crippen molar-refractivity contribution in [3.63, 3.8) is 0 Å². The third kappa shape index (κ3) is 6.88. The summed E-state index contributed by atoms with van der Waals surface area (Å²) >= 11 is 2.83. The fraction of sp³-hybridized carbons (Fsp3) is 0.643. The number of nitrogen functional groups attached to an aromatic ring is 1. The molecular weight excluding hydrogens is 381 g/mol. The molecule has 0 saturated carbocycles. The maximum atomic E-state index is 5.79. The van der Waals surface area contributed by atoms with Crippen LogP contribution in [-0.2, 0) is 19.2 Å². The molecule has 2 aromatic rings. The Labute approximate surface area is 157 Å². The largest absolute Gasteiger partial charge is 0.382 e. The van der Waals surface area contributed by atoms with Crippen LogP contribution in [-0.4, -0.2) is 43.0 Å². The minimum Gasteiger partial charge on any atom is -0.382 e. The summed E-state index contributed by atoms with van der Waals surface area (Å²) in [6.45, 7) is 9.42. The molecule has 0 fully saturated rings. The topological polar surface area (TPSA) is 97.3 Å². The molecule has 0 bridgehead atoms. The molecule has 0 aliphatic rings. The van der Waals surface area contributed by atoms with Crippen molar-refractivity contribution in [2.45, 2.75) is 44.7 Å². The smallest absolute Gasteiger partial charge is 0.223 e. The Balaban J connectivity index is 1.80. The molecule has 2 N–H and O–H groups in total. The Morgan fingerprint density at radius 1 is 1.12 bits per heavy atom. The molecule has 0 saturated heterocycles. The summed E-state index contributed by atoms with van der Waals surface area (Å²) in [6.07, 6.45) is 3.54. The molecule has 0 radical (unpaired) electrons. The lowest BCUT2D eigenvalue weighted by atomic mass is 10.5. The number of nitrogens with two attached hydrogens (primary N) is 1. The standard InChI is InChI=1S/C14H24N5O3PS2/c1-10(2)24-21-23(22-25-11(3)4)9-20-6-5-19-8-18-12-13(15)16-7-17-14(12)19/h7-8,10-11H,5-6,9H2,1-4H3,(H2,15,16,17). The third-order valence-corrected chi connectivity index (χ3v) is 5.92. The van der Waals surface area contributed by atoms with Crippen LogP contribution in [0.25, 0.3) is 11.2 Å². The molecule has 25 heavy (non-hydrogen) atoms. The highest BCUT2D eigenvalue weighted by Gasteiger charge is 2.15. The minimum atomic E-state index is -1.10. The van der Waals surface area contributed by atoms with Crippen LogP contribution in [0.1, 0.15) is 27.7 Å². The molecule has 2 rings (SSSR count). The molecular formula is C14H24N5O3PS2. The van der Waals surface area contributed by atoms with Gasteiger partial charge in [-0.25, -0.2) is 15.0 Å². The van der Waals surface area contributed by atoms with Crippen molar-refractivity contribution < 1.29 is 12.7 Å². The summed E-state index contributed by atoms with van der Waals surface area (Å²) in [7, 11) is -1.10. The lowest BCUT2D eigenvalue weighted by molar-refractivity contribution is 0.162. The highest BCUT2D eigenvalue weighted by molar-refractivity contribution is 8.01. The molecule has 0 atom stereocenters. The van der Waals surface area contributed by atoms with Gasteiger partial charge < -0.3 is 15.0 Å². The van der Waals surface area contributed by atoms with E-state index in [0.717, 1.165) is 0 Å². The monoisotopic (exact) mass is 405 g/mol. The molecule has 0 aromatic carbocycles. The van der Waals surface area contributed by atoms with E-state index in [0.29, 0.717) is 47.0 Å². The number of hydrogen-bond donors (Lipinski definition) is 1. The van der Waals surface area contributed by atoms with Crippen LogP contribution in [0.15, 0.2) is 12.7 Å². The zero-order valence-electron chi connectivity index (χ0n) is 14.8. The Bertz CT molecular complexity index is 646. The first-order valence-corrected chi connectivity index (χ1v) is 10.9. The minimum absolute atomic E-state index is 0.375. The molecule has 0 aliphatic carbocycles. The van der Waals surface area contributed by atoms with Gasteiger partial charge in [0.25, 0.3) is 0 Å². The predicted molar refractivity (Wildman–Crippen MR) is 105 cm³/mol. The average molecular weight is 405 g/mol. The second-order valence-corrected chi connectivity index (χ2v) is 10.1. The quantitative estimate of drug-likeness (QED) is 0.340. The van der Waals surface area contributed by atoms with Crippen molar-refractivity contribution in [2.75, 3.05) is 18.7 Å². The fourth-order valence-corrected chi connectivity index (χ4v) is 4.78. The van der Waals surface area contributed by atoms with Crippen molar-refractivity contribution in [1.29, 1.82) is 0 Å². The Hall–Kier alpha value is -0.640. The van der Waals surface area contributed by atoms with Crippen LogP contribution >= 0.6 is 32.5 Å². The summed E-state index contributed by atoms with van der Waals surface area (Å²) in [5.74, 6) is 0.381. The first-order valence-electron chi connectivity index (χ1n) is 7.90. The Morgan fingerprint density at radius 3 is 2.44 bits per heavy atom. The van der Waals surface area contributed by atoms with Crippen molar-refractivity contribution in [2.24, 2.45) is 0 Å². The van der Waals surface area contributed by atoms with Gasteiger partial charge in [-0.2, -0.15) is 0 Å². The zero-order valence-corrected chi connectivity index (χ0v) is 17.3. The average Bonchev–Trinajstić information content (AvgIpc) is 2.97. The molecule has 2 heterocycles. The Kier molecular flexibility index (Phi) is 8.68. The van der Waals surface area contributed by atoms with Gasteiger partial charge in [-0.3, -0.25) is 7.94 Å². The molecule has 0 unspecified atom stereocenters. The van der Waals surface area contributed by atoms with Crippen LogP contribution in [0.3, 0.4) is 0 Å². The van der Waals surface area contributed by atoms with Crippen molar-refractivity contribution >= 4 is 49.4 Å². The molecule has 140 valence electrons. The summed E-state index contributed by atoms with van der Waals surface area (Å²) < 4.78 is 19.1. The molecule has 8 nitrogen and oxygen atoms in total. The number of hydrogen-bond acceptors (Lipinski definition) is 9. The van der Waals surface area contributed by atoms with E-state index < -0.39 is 8.38 Å². The number of ether oxygens (including phenoxy) is 1. The summed E-state index contributed by atoms with van der Waals surface area (Å²) in [6, 6.07) is 0. The number of anilines is 1. The van der Waals surface area contributed by atoms with Crippen LogP contribution in [0.5, 0.6) is 0 Å². The second-order valence-electron chi connectivity index (χ2n) is 5.68. The molecule has 0 spiro atoms. The first-order chi connectivity index (χ1) is 12.0. The number of aromatic nitrogens is 4. The van der Waals surface area contributed by atoms with Gasteiger partial charge in [0.15, 0.2) is 11.5 Å². The van der Waals surface area contributed by atoms with E-state index in [1.54, 1.807) is 6.33 Å². The van der Waals surface area contributed by atoms with Gasteiger partial charge in [0, 0.05) is 41.1 Å². The highest BCUT2D eigenvalue weighted by atomic mass is 32.2. The normalized spacial score (nSPS) is 12.1. The van der Waals surface area contributed by atoms with Crippen LogP contribution in [0.2, 0.25) is 0 Å². The molecule has 11 heteroatoms. The Morgan fingerprint density at radius 2 is 1.80 bits per heavy atom. The molecule has 0 amide bonds. The fourth-order valence-electron chi connectivity index (χ4n) is 1.69. The summed E-state index contributed by atoms with van der Waals surface area (Å²) in [5.41, 5.74) is 7.10. The van der Waals surface area contributed by atoms with Crippen molar-refractivity contribution in [1.82, 2.24) is 19.5 Å². The van der Waals surface area contributed by atoms with Gasteiger partial charge in [0.1, 0.15) is 18.2 Å². The lowest BCUT2D eigenvalue weighted by Crippen LogP contribution is -2.07. The molecule has 0 aliphatic heterocycles.